The number of furan rings is 1. The van der Waals surface area contributed by atoms with Crippen LogP contribution in [0.5, 0.6) is 0 Å². The van der Waals surface area contributed by atoms with Gasteiger partial charge in [0.25, 0.3) is 0 Å². The molecule has 1 unspecified atom stereocenters. The summed E-state index contributed by atoms with van der Waals surface area (Å²) in [7, 11) is 0. The van der Waals surface area contributed by atoms with E-state index in [-0.39, 0.29) is 0 Å². The Hall–Kier alpha value is -1.51. The van der Waals surface area contributed by atoms with Gasteiger partial charge in [0.15, 0.2) is 0 Å². The van der Waals surface area contributed by atoms with Crippen LogP contribution >= 0.6 is 0 Å². The molecule has 3 nitrogen and oxygen atoms in total. The van der Waals surface area contributed by atoms with Gasteiger partial charge in [-0.3, -0.25) is 0 Å². The molecule has 2 aromatic heterocycles. The van der Waals surface area contributed by atoms with Crippen molar-refractivity contribution in [3.63, 3.8) is 0 Å². The standard InChI is InChI=1S/C15H22N2O/c1-3-5-7-12(6-4-2)17-15-13-9-11-18-14(13)8-10-16-15/h8-12H,3-7H2,1-2H3,(H,16,17). The maximum atomic E-state index is 5.40. The third-order valence-electron chi connectivity index (χ3n) is 3.26. The third-order valence-corrected chi connectivity index (χ3v) is 3.26. The van der Waals surface area contributed by atoms with Crippen LogP contribution in [0, 0.1) is 0 Å². The van der Waals surface area contributed by atoms with Gasteiger partial charge in [0.2, 0.25) is 0 Å². The van der Waals surface area contributed by atoms with Gasteiger partial charge in [0.05, 0.1) is 11.6 Å². The molecule has 0 bridgehead atoms. The number of hydrogen-bond acceptors (Lipinski definition) is 3. The molecule has 1 atom stereocenters. The lowest BCUT2D eigenvalue weighted by molar-refractivity contribution is 0.563. The van der Waals surface area contributed by atoms with E-state index in [1.807, 2.05) is 12.1 Å². The first kappa shape index (κ1) is 12.9. The van der Waals surface area contributed by atoms with Crippen molar-refractivity contribution in [1.82, 2.24) is 4.98 Å². The van der Waals surface area contributed by atoms with Gasteiger partial charge < -0.3 is 9.73 Å². The highest BCUT2D eigenvalue weighted by Gasteiger charge is 2.11. The van der Waals surface area contributed by atoms with E-state index >= 15 is 0 Å². The minimum atomic E-state index is 0.517. The van der Waals surface area contributed by atoms with E-state index in [1.165, 1.54) is 32.1 Å². The summed E-state index contributed by atoms with van der Waals surface area (Å²) in [5, 5.41) is 4.65. The number of fused-ring (bicyclic) bond motifs is 1. The van der Waals surface area contributed by atoms with Crippen LogP contribution in [-0.2, 0) is 0 Å². The van der Waals surface area contributed by atoms with E-state index in [4.69, 9.17) is 4.42 Å². The molecule has 0 saturated carbocycles. The quantitative estimate of drug-likeness (QED) is 0.776. The van der Waals surface area contributed by atoms with Crippen LogP contribution in [0.2, 0.25) is 0 Å². The molecule has 2 aromatic rings. The summed E-state index contributed by atoms with van der Waals surface area (Å²) < 4.78 is 5.40. The fourth-order valence-electron chi connectivity index (χ4n) is 2.29. The third kappa shape index (κ3) is 3.03. The molecule has 0 aliphatic carbocycles. The predicted molar refractivity (Wildman–Crippen MR) is 75.9 cm³/mol. The zero-order valence-corrected chi connectivity index (χ0v) is 11.3. The van der Waals surface area contributed by atoms with Crippen LogP contribution in [0.4, 0.5) is 5.82 Å². The van der Waals surface area contributed by atoms with Crippen molar-refractivity contribution in [1.29, 1.82) is 0 Å². The molecular formula is C15H22N2O. The highest BCUT2D eigenvalue weighted by Crippen LogP contribution is 2.23. The van der Waals surface area contributed by atoms with E-state index < -0.39 is 0 Å². The second kappa shape index (κ2) is 6.43. The second-order valence-electron chi connectivity index (χ2n) is 4.76. The van der Waals surface area contributed by atoms with Crippen LogP contribution < -0.4 is 5.32 Å². The van der Waals surface area contributed by atoms with E-state index in [1.54, 1.807) is 12.5 Å². The van der Waals surface area contributed by atoms with Crippen molar-refractivity contribution in [3.8, 4) is 0 Å². The summed E-state index contributed by atoms with van der Waals surface area (Å²) in [6.45, 7) is 4.46. The zero-order chi connectivity index (χ0) is 12.8. The molecule has 0 aliphatic rings. The van der Waals surface area contributed by atoms with Gasteiger partial charge in [0.1, 0.15) is 11.4 Å². The number of nitrogens with one attached hydrogen (secondary N) is 1. The molecule has 98 valence electrons. The lowest BCUT2D eigenvalue weighted by Gasteiger charge is -2.18. The van der Waals surface area contributed by atoms with E-state index in [2.05, 4.69) is 24.1 Å². The van der Waals surface area contributed by atoms with Gasteiger partial charge in [-0.2, -0.15) is 0 Å². The van der Waals surface area contributed by atoms with Crippen molar-refractivity contribution in [2.24, 2.45) is 0 Å². The van der Waals surface area contributed by atoms with Crippen molar-refractivity contribution in [2.75, 3.05) is 5.32 Å². The second-order valence-corrected chi connectivity index (χ2v) is 4.76. The van der Waals surface area contributed by atoms with Gasteiger partial charge in [-0.15, -0.1) is 0 Å². The average Bonchev–Trinajstić information content (AvgIpc) is 2.85. The lowest BCUT2D eigenvalue weighted by Crippen LogP contribution is -2.19. The van der Waals surface area contributed by atoms with Gasteiger partial charge in [-0.25, -0.2) is 4.98 Å². The first-order valence-electron chi connectivity index (χ1n) is 6.94. The van der Waals surface area contributed by atoms with Crippen LogP contribution in [0.1, 0.15) is 46.0 Å². The molecule has 18 heavy (non-hydrogen) atoms. The van der Waals surface area contributed by atoms with Gasteiger partial charge >= 0.3 is 0 Å². The summed E-state index contributed by atoms with van der Waals surface area (Å²) in [5.41, 5.74) is 0.901. The summed E-state index contributed by atoms with van der Waals surface area (Å²) in [6, 6.07) is 4.40. The first-order valence-corrected chi connectivity index (χ1v) is 6.94. The normalized spacial score (nSPS) is 12.8. The number of rotatable bonds is 7. The molecule has 0 aliphatic heterocycles. The van der Waals surface area contributed by atoms with Crippen molar-refractivity contribution in [3.05, 3.63) is 24.6 Å². The van der Waals surface area contributed by atoms with Crippen LogP contribution in [-0.4, -0.2) is 11.0 Å². The molecule has 0 fully saturated rings. The van der Waals surface area contributed by atoms with Crippen molar-refractivity contribution in [2.45, 2.75) is 52.0 Å². The molecule has 1 N–H and O–H groups in total. The van der Waals surface area contributed by atoms with Gasteiger partial charge in [-0.1, -0.05) is 33.1 Å². The minimum absolute atomic E-state index is 0.517. The van der Waals surface area contributed by atoms with E-state index in [9.17, 15) is 0 Å². The fraction of sp³-hybridized carbons (Fsp3) is 0.533. The molecular weight excluding hydrogens is 224 g/mol. The van der Waals surface area contributed by atoms with Gasteiger partial charge in [0, 0.05) is 12.2 Å². The zero-order valence-electron chi connectivity index (χ0n) is 11.3. The first-order chi connectivity index (χ1) is 8.85. The molecule has 0 aromatic carbocycles. The summed E-state index contributed by atoms with van der Waals surface area (Å²) in [4.78, 5) is 4.44. The lowest BCUT2D eigenvalue weighted by atomic mass is 10.1. The predicted octanol–water partition coefficient (Wildman–Crippen LogP) is 4.60. The summed E-state index contributed by atoms with van der Waals surface area (Å²) in [6.07, 6.45) is 9.62. The Kier molecular flexibility index (Phi) is 4.62. The Labute approximate surface area is 109 Å². The van der Waals surface area contributed by atoms with E-state index in [0.717, 1.165) is 16.8 Å². The summed E-state index contributed by atoms with van der Waals surface area (Å²) in [5.74, 6) is 0.954. The smallest absolute Gasteiger partial charge is 0.139 e. The van der Waals surface area contributed by atoms with Crippen LogP contribution in [0.15, 0.2) is 29.0 Å². The number of unbranched alkanes of at least 4 members (excludes halogenated alkanes) is 1. The van der Waals surface area contributed by atoms with Crippen LogP contribution in [0.3, 0.4) is 0 Å². The number of aromatic nitrogens is 1. The topological polar surface area (TPSA) is 38.1 Å². The Morgan fingerprint density at radius 2 is 2.11 bits per heavy atom. The summed E-state index contributed by atoms with van der Waals surface area (Å²) >= 11 is 0. The number of hydrogen-bond donors (Lipinski definition) is 1. The highest BCUT2D eigenvalue weighted by atomic mass is 16.3. The largest absolute Gasteiger partial charge is 0.464 e. The molecule has 0 amide bonds. The maximum absolute atomic E-state index is 5.40. The van der Waals surface area contributed by atoms with Crippen molar-refractivity contribution >= 4 is 16.8 Å². The molecule has 0 spiro atoms. The maximum Gasteiger partial charge on any atom is 0.139 e. The molecule has 2 heterocycles. The van der Waals surface area contributed by atoms with Crippen LogP contribution in [0.25, 0.3) is 11.0 Å². The molecule has 2 rings (SSSR count). The Morgan fingerprint density at radius 1 is 1.22 bits per heavy atom. The van der Waals surface area contributed by atoms with Crippen molar-refractivity contribution < 1.29 is 4.42 Å². The molecule has 0 saturated heterocycles. The average molecular weight is 246 g/mol. The SMILES string of the molecule is CCCCC(CCC)Nc1nccc2occc12. The minimum Gasteiger partial charge on any atom is -0.464 e. The highest BCUT2D eigenvalue weighted by molar-refractivity contribution is 5.87. The molecule has 0 radical (unpaired) electrons. The fourth-order valence-corrected chi connectivity index (χ4v) is 2.29. The Morgan fingerprint density at radius 3 is 2.89 bits per heavy atom. The Bertz CT molecular complexity index is 478. The molecule has 3 heteroatoms. The number of nitrogens with zero attached hydrogens (tertiary/aromatic N) is 1. The number of anilines is 1. The number of pyridine rings is 1. The van der Waals surface area contributed by atoms with E-state index in [0.29, 0.717) is 6.04 Å². The monoisotopic (exact) mass is 246 g/mol. The Balaban J connectivity index is 2.12. The van der Waals surface area contributed by atoms with Gasteiger partial charge in [-0.05, 0) is 25.0 Å².